The number of nitrogens with two attached hydrogens (primary N) is 2. The van der Waals surface area contributed by atoms with Crippen LogP contribution < -0.4 is 33.0 Å². The number of nitrogen functional groups attached to an aromatic ring is 1. The molecule has 6 amide bonds. The van der Waals surface area contributed by atoms with Gasteiger partial charge in [0.25, 0.3) is 5.91 Å². The third-order valence-electron chi connectivity index (χ3n) is 9.65. The lowest BCUT2D eigenvalue weighted by Gasteiger charge is -2.31. The molecular weight excluding hydrogens is 694 g/mol. The first-order chi connectivity index (χ1) is 26.0. The molecule has 0 spiro atoms. The number of hydrogen-bond acceptors (Lipinski definition) is 10. The molecule has 1 aromatic heterocycles. The van der Waals surface area contributed by atoms with Crippen LogP contribution in [-0.2, 0) is 36.8 Å². The van der Waals surface area contributed by atoms with E-state index in [-0.39, 0.29) is 50.4 Å². The van der Waals surface area contributed by atoms with Gasteiger partial charge in [-0.2, -0.15) is 0 Å². The molecule has 0 aliphatic carbocycles. The second-order valence-electron chi connectivity index (χ2n) is 13.5. The number of aromatic nitrogens is 1. The molecule has 2 aliphatic rings. The molecule has 4 atom stereocenters. The molecule has 3 heterocycles. The van der Waals surface area contributed by atoms with Gasteiger partial charge in [-0.1, -0.05) is 42.5 Å². The molecule has 286 valence electrons. The average molecular weight is 742 g/mol. The minimum Gasteiger partial charge on any atom is -0.508 e. The van der Waals surface area contributed by atoms with Gasteiger partial charge in [0, 0.05) is 45.1 Å². The zero-order chi connectivity index (χ0) is 38.6. The number of aromatic hydroxyl groups is 1. The Morgan fingerprint density at radius 3 is 2.02 bits per heavy atom. The molecule has 16 heteroatoms. The minimum absolute atomic E-state index is 0.00388. The van der Waals surface area contributed by atoms with Crippen LogP contribution in [0.1, 0.15) is 60.0 Å². The van der Waals surface area contributed by atoms with Gasteiger partial charge >= 0.3 is 0 Å². The molecule has 9 N–H and O–H groups in total. The Labute approximate surface area is 313 Å². The first kappa shape index (κ1) is 39.2. The molecular formula is C38H47N9O7. The second kappa shape index (κ2) is 18.6. The van der Waals surface area contributed by atoms with Crippen LogP contribution in [-0.4, -0.2) is 99.1 Å². The zero-order valence-corrected chi connectivity index (χ0v) is 29.9. The molecule has 54 heavy (non-hydrogen) atoms. The number of amides is 6. The van der Waals surface area contributed by atoms with E-state index in [4.69, 9.17) is 11.6 Å². The molecule has 0 radical (unpaired) electrons. The van der Waals surface area contributed by atoms with Crippen molar-refractivity contribution in [2.75, 3.05) is 25.1 Å². The van der Waals surface area contributed by atoms with E-state index >= 15 is 0 Å². The number of hydrogen-bond donors (Lipinski definition) is 7. The second-order valence-corrected chi connectivity index (χ2v) is 13.5. The third-order valence-corrected chi connectivity index (χ3v) is 9.65. The number of benzene rings is 2. The number of primary amides is 1. The van der Waals surface area contributed by atoms with Crippen LogP contribution in [0, 0.1) is 0 Å². The van der Waals surface area contributed by atoms with E-state index in [1.54, 1.807) is 24.3 Å². The predicted octanol–water partition coefficient (Wildman–Crippen LogP) is 0.505. The molecule has 0 saturated carbocycles. The van der Waals surface area contributed by atoms with Crippen LogP contribution in [0.25, 0.3) is 0 Å². The monoisotopic (exact) mass is 741 g/mol. The largest absolute Gasteiger partial charge is 0.508 e. The molecule has 0 unspecified atom stereocenters. The number of rotatable bonds is 16. The van der Waals surface area contributed by atoms with Gasteiger partial charge in [0.15, 0.2) is 0 Å². The number of likely N-dealkylation sites (tertiary alicyclic amines) is 2. The Hall–Kier alpha value is -6.03. The fraction of sp³-hybridized carbons (Fsp3) is 0.395. The maximum Gasteiger partial charge on any atom is 0.252 e. The first-order valence-corrected chi connectivity index (χ1v) is 18.1. The Bertz CT molecular complexity index is 1790. The topological polar surface area (TPSA) is 242 Å². The van der Waals surface area contributed by atoms with Gasteiger partial charge < -0.3 is 42.0 Å². The van der Waals surface area contributed by atoms with Crippen molar-refractivity contribution in [3.63, 3.8) is 0 Å². The normalized spacial score (nSPS) is 17.6. The average Bonchev–Trinajstić information content (AvgIpc) is 3.88. The highest BCUT2D eigenvalue weighted by Gasteiger charge is 2.41. The first-order valence-electron chi connectivity index (χ1n) is 18.1. The maximum atomic E-state index is 14.2. The van der Waals surface area contributed by atoms with Crippen molar-refractivity contribution in [2.45, 2.75) is 75.5 Å². The van der Waals surface area contributed by atoms with Gasteiger partial charge in [-0.05, 0) is 67.5 Å². The van der Waals surface area contributed by atoms with Crippen molar-refractivity contribution in [1.82, 2.24) is 30.7 Å². The molecule has 2 saturated heterocycles. The highest BCUT2D eigenvalue weighted by Crippen LogP contribution is 2.23. The van der Waals surface area contributed by atoms with Crippen molar-refractivity contribution in [3.8, 4) is 5.75 Å². The van der Waals surface area contributed by atoms with Crippen LogP contribution in [0.4, 0.5) is 5.82 Å². The lowest BCUT2D eigenvalue weighted by Crippen LogP contribution is -2.58. The summed E-state index contributed by atoms with van der Waals surface area (Å²) < 4.78 is 0. The summed E-state index contributed by atoms with van der Waals surface area (Å²) in [6.45, 7) is 0.787. The van der Waals surface area contributed by atoms with Gasteiger partial charge in [0.2, 0.25) is 29.5 Å². The smallest absolute Gasteiger partial charge is 0.252 e. The third kappa shape index (κ3) is 10.3. The number of phenols is 1. The van der Waals surface area contributed by atoms with Gasteiger partial charge in [0.1, 0.15) is 35.7 Å². The number of carbonyl (C=O) groups excluding carboxylic acids is 6. The lowest BCUT2D eigenvalue weighted by molar-refractivity contribution is -0.144. The number of nitrogens with one attached hydrogen (secondary N) is 4. The fourth-order valence-corrected chi connectivity index (χ4v) is 6.85. The number of nitrogens with zero attached hydrogens (tertiary/aromatic N) is 3. The summed E-state index contributed by atoms with van der Waals surface area (Å²) in [5, 5.41) is 18.2. The van der Waals surface area contributed by atoms with Gasteiger partial charge in [-0.25, -0.2) is 10.8 Å². The highest BCUT2D eigenvalue weighted by atomic mass is 16.3. The van der Waals surface area contributed by atoms with Crippen molar-refractivity contribution < 1.29 is 33.9 Å². The van der Waals surface area contributed by atoms with Crippen LogP contribution in [0.3, 0.4) is 0 Å². The molecule has 0 bridgehead atoms. The Morgan fingerprint density at radius 1 is 0.796 bits per heavy atom. The molecule has 2 fully saturated rings. The summed E-state index contributed by atoms with van der Waals surface area (Å²) in [5.41, 5.74) is 9.79. The fourth-order valence-electron chi connectivity index (χ4n) is 6.85. The quantitative estimate of drug-likeness (QED) is 0.0609. The summed E-state index contributed by atoms with van der Waals surface area (Å²) in [6.07, 6.45) is 3.84. The molecule has 5 rings (SSSR count). The predicted molar refractivity (Wildman–Crippen MR) is 198 cm³/mol. The van der Waals surface area contributed by atoms with Crippen molar-refractivity contribution in [1.29, 1.82) is 0 Å². The van der Waals surface area contributed by atoms with E-state index < -0.39 is 53.7 Å². The molecule has 2 aliphatic heterocycles. The number of pyridine rings is 1. The van der Waals surface area contributed by atoms with Crippen LogP contribution in [0.5, 0.6) is 5.75 Å². The number of anilines is 1. The van der Waals surface area contributed by atoms with Gasteiger partial charge in [0.05, 0.1) is 5.56 Å². The van der Waals surface area contributed by atoms with E-state index in [2.05, 4.69) is 26.4 Å². The van der Waals surface area contributed by atoms with E-state index in [1.165, 1.54) is 28.1 Å². The van der Waals surface area contributed by atoms with E-state index in [9.17, 15) is 33.9 Å². The van der Waals surface area contributed by atoms with E-state index in [0.29, 0.717) is 49.2 Å². The SMILES string of the molecule is NNc1ccc(C(=O)NCCCC(=O)N[C@@H](Cc2ccc(O)cc2)C(=O)N2CCC[C@H]2C(=O)N[C@H](Cc2ccccc2)C(=O)N2CCC[C@H]2C(N)=O)cn1. The standard InChI is InChI=1S/C38H47N9O7/c39-34(50)30-9-5-19-46(30)38(54)29(21-24-7-2-1-3-8-24)44-36(52)31-10-6-20-47(31)37(53)28(22-25-12-15-27(48)16-13-25)43-33(49)11-4-18-41-35(51)26-14-17-32(45-40)42-23-26/h1-3,7-8,12-17,23,28-31,48H,4-6,9-11,18-22,40H2,(H2,39,50)(H,41,51)(H,42,45)(H,43,49)(H,44,52)/t28-,29+,30-,31-/m0/s1. The van der Waals surface area contributed by atoms with E-state index in [0.717, 1.165) is 5.56 Å². The van der Waals surface area contributed by atoms with Crippen LogP contribution in [0.2, 0.25) is 0 Å². The maximum absolute atomic E-state index is 14.2. The van der Waals surface area contributed by atoms with E-state index in [1.807, 2.05) is 30.3 Å². The Morgan fingerprint density at radius 2 is 1.41 bits per heavy atom. The number of phenolic OH excluding ortho intramolecular Hbond substituents is 1. The Balaban J connectivity index is 1.25. The van der Waals surface area contributed by atoms with Gasteiger partial charge in [-0.3, -0.25) is 28.8 Å². The molecule has 16 nitrogen and oxygen atoms in total. The van der Waals surface area contributed by atoms with Crippen LogP contribution in [0.15, 0.2) is 72.9 Å². The molecule has 3 aromatic rings. The summed E-state index contributed by atoms with van der Waals surface area (Å²) in [6, 6.07) is 14.8. The number of carbonyl (C=O) groups is 6. The lowest BCUT2D eigenvalue weighted by atomic mass is 10.0. The zero-order valence-electron chi connectivity index (χ0n) is 29.9. The summed E-state index contributed by atoms with van der Waals surface area (Å²) >= 11 is 0. The summed E-state index contributed by atoms with van der Waals surface area (Å²) in [4.78, 5) is 86.7. The van der Waals surface area contributed by atoms with Crippen molar-refractivity contribution >= 4 is 41.3 Å². The minimum atomic E-state index is -1.05. The van der Waals surface area contributed by atoms with Crippen molar-refractivity contribution in [3.05, 3.63) is 89.6 Å². The Kier molecular flexibility index (Phi) is 13.5. The van der Waals surface area contributed by atoms with Crippen LogP contribution >= 0.6 is 0 Å². The highest BCUT2D eigenvalue weighted by molar-refractivity contribution is 5.96. The summed E-state index contributed by atoms with van der Waals surface area (Å²) in [7, 11) is 0. The molecule has 2 aromatic carbocycles. The van der Waals surface area contributed by atoms with Crippen molar-refractivity contribution in [2.24, 2.45) is 11.6 Å². The van der Waals surface area contributed by atoms with Gasteiger partial charge in [-0.15, -0.1) is 0 Å². The summed E-state index contributed by atoms with van der Waals surface area (Å²) in [5.74, 6) is 2.96. The number of hydrazine groups is 1.